The third-order valence-corrected chi connectivity index (χ3v) is 4.64. The molecule has 0 aliphatic carbocycles. The van der Waals surface area contributed by atoms with Crippen molar-refractivity contribution in [2.24, 2.45) is 0 Å². The highest BCUT2D eigenvalue weighted by molar-refractivity contribution is 6.30. The lowest BCUT2D eigenvalue weighted by molar-refractivity contribution is 0.198. The number of phenols is 1. The molecule has 1 atom stereocenters. The minimum Gasteiger partial charge on any atom is -0.508 e. The first kappa shape index (κ1) is 15.2. The average molecular weight is 317 g/mol. The first-order valence-electron chi connectivity index (χ1n) is 7.67. The molecular weight excluding hydrogens is 296 g/mol. The van der Waals surface area contributed by atoms with Crippen molar-refractivity contribution in [3.63, 3.8) is 0 Å². The lowest BCUT2D eigenvalue weighted by atomic mass is 10.1. The molecule has 4 heteroatoms. The summed E-state index contributed by atoms with van der Waals surface area (Å²) in [6.07, 6.45) is 0. The molecule has 1 N–H and O–H groups in total. The Kier molecular flexibility index (Phi) is 4.55. The lowest BCUT2D eigenvalue weighted by Gasteiger charge is -2.39. The number of hydrogen-bond acceptors (Lipinski definition) is 3. The molecular formula is C18H21ClN2O. The molecule has 1 aliphatic rings. The summed E-state index contributed by atoms with van der Waals surface area (Å²) in [5.41, 5.74) is 2.44. The van der Waals surface area contributed by atoms with Crippen molar-refractivity contribution in [2.75, 3.05) is 31.1 Å². The molecule has 22 heavy (non-hydrogen) atoms. The second-order valence-corrected chi connectivity index (χ2v) is 6.21. The van der Waals surface area contributed by atoms with Crippen LogP contribution in [0.1, 0.15) is 18.5 Å². The van der Waals surface area contributed by atoms with E-state index in [-0.39, 0.29) is 0 Å². The quantitative estimate of drug-likeness (QED) is 0.929. The number of nitrogens with zero attached hydrogens (tertiary/aromatic N) is 2. The Bertz CT molecular complexity index is 621. The van der Waals surface area contributed by atoms with Gasteiger partial charge in [0.1, 0.15) is 5.75 Å². The molecule has 1 aliphatic heterocycles. The molecule has 0 spiro atoms. The summed E-state index contributed by atoms with van der Waals surface area (Å²) in [5, 5.41) is 10.2. The van der Waals surface area contributed by atoms with E-state index in [0.717, 1.165) is 31.2 Å². The van der Waals surface area contributed by atoms with E-state index in [4.69, 9.17) is 11.6 Å². The van der Waals surface area contributed by atoms with E-state index >= 15 is 0 Å². The van der Waals surface area contributed by atoms with Gasteiger partial charge in [-0.2, -0.15) is 0 Å². The van der Waals surface area contributed by atoms with Gasteiger partial charge in [-0.1, -0.05) is 23.7 Å². The third-order valence-electron chi connectivity index (χ3n) is 4.41. The molecule has 2 aromatic carbocycles. The third kappa shape index (κ3) is 3.37. The van der Waals surface area contributed by atoms with E-state index < -0.39 is 0 Å². The summed E-state index contributed by atoms with van der Waals surface area (Å²) < 4.78 is 0. The molecule has 0 aromatic heterocycles. The molecule has 0 bridgehead atoms. The molecule has 1 heterocycles. The Morgan fingerprint density at radius 1 is 1.00 bits per heavy atom. The Hall–Kier alpha value is -1.71. The molecule has 0 radical (unpaired) electrons. The SMILES string of the molecule is CC(c1cccc(Cl)c1)N1CCN(c2ccc(O)cc2)CC1. The highest BCUT2D eigenvalue weighted by Gasteiger charge is 2.22. The second-order valence-electron chi connectivity index (χ2n) is 5.77. The summed E-state index contributed by atoms with van der Waals surface area (Å²) in [6, 6.07) is 16.0. The number of benzene rings is 2. The summed E-state index contributed by atoms with van der Waals surface area (Å²) in [7, 11) is 0. The summed E-state index contributed by atoms with van der Waals surface area (Å²) in [6.45, 7) is 6.27. The zero-order chi connectivity index (χ0) is 15.5. The van der Waals surface area contributed by atoms with Crippen LogP contribution in [0.2, 0.25) is 5.02 Å². The van der Waals surface area contributed by atoms with Crippen molar-refractivity contribution in [1.82, 2.24) is 4.90 Å². The molecule has 3 nitrogen and oxygen atoms in total. The predicted octanol–water partition coefficient (Wildman–Crippen LogP) is 3.93. The van der Waals surface area contributed by atoms with Gasteiger partial charge in [0.2, 0.25) is 0 Å². The van der Waals surface area contributed by atoms with Gasteiger partial charge in [-0.15, -0.1) is 0 Å². The van der Waals surface area contributed by atoms with E-state index in [1.165, 1.54) is 11.3 Å². The van der Waals surface area contributed by atoms with Gasteiger partial charge < -0.3 is 10.0 Å². The fourth-order valence-corrected chi connectivity index (χ4v) is 3.21. The maximum Gasteiger partial charge on any atom is 0.115 e. The first-order chi connectivity index (χ1) is 10.6. The number of rotatable bonds is 3. The largest absolute Gasteiger partial charge is 0.508 e. The maximum absolute atomic E-state index is 9.38. The van der Waals surface area contributed by atoms with E-state index in [9.17, 15) is 5.11 Å². The van der Waals surface area contributed by atoms with Crippen molar-refractivity contribution in [1.29, 1.82) is 0 Å². The normalized spacial score (nSPS) is 17.5. The second kappa shape index (κ2) is 6.59. The smallest absolute Gasteiger partial charge is 0.115 e. The van der Waals surface area contributed by atoms with Crippen LogP contribution >= 0.6 is 11.6 Å². The van der Waals surface area contributed by atoms with Gasteiger partial charge in [0.05, 0.1) is 0 Å². The molecule has 1 fully saturated rings. The predicted molar refractivity (Wildman–Crippen MR) is 91.8 cm³/mol. The van der Waals surface area contributed by atoms with E-state index in [1.807, 2.05) is 24.3 Å². The van der Waals surface area contributed by atoms with Gasteiger partial charge in [-0.3, -0.25) is 4.90 Å². The van der Waals surface area contributed by atoms with Crippen LogP contribution in [0.3, 0.4) is 0 Å². The van der Waals surface area contributed by atoms with Crippen molar-refractivity contribution >= 4 is 17.3 Å². The number of anilines is 1. The van der Waals surface area contributed by atoms with E-state index in [1.54, 1.807) is 12.1 Å². The molecule has 0 saturated carbocycles. The topological polar surface area (TPSA) is 26.7 Å². The van der Waals surface area contributed by atoms with Crippen LogP contribution in [0.4, 0.5) is 5.69 Å². The standard InChI is InChI=1S/C18H21ClN2O/c1-14(15-3-2-4-16(19)13-15)20-9-11-21(12-10-20)17-5-7-18(22)8-6-17/h2-8,13-14,22H,9-12H2,1H3. The maximum atomic E-state index is 9.38. The van der Waals surface area contributed by atoms with Crippen molar-refractivity contribution in [3.8, 4) is 5.75 Å². The zero-order valence-electron chi connectivity index (χ0n) is 12.7. The number of piperazine rings is 1. The van der Waals surface area contributed by atoms with Gasteiger partial charge in [-0.05, 0) is 48.9 Å². The highest BCUT2D eigenvalue weighted by Crippen LogP contribution is 2.26. The van der Waals surface area contributed by atoms with Crippen molar-refractivity contribution in [2.45, 2.75) is 13.0 Å². The van der Waals surface area contributed by atoms with Crippen LogP contribution in [0.5, 0.6) is 5.75 Å². The van der Waals surface area contributed by atoms with Crippen LogP contribution < -0.4 is 4.90 Å². The Morgan fingerprint density at radius 2 is 1.68 bits per heavy atom. The lowest BCUT2D eigenvalue weighted by Crippen LogP contribution is -2.47. The van der Waals surface area contributed by atoms with Gasteiger partial charge in [0.15, 0.2) is 0 Å². The van der Waals surface area contributed by atoms with Crippen LogP contribution in [0, 0.1) is 0 Å². The van der Waals surface area contributed by atoms with Crippen LogP contribution in [-0.4, -0.2) is 36.2 Å². The van der Waals surface area contributed by atoms with Gasteiger partial charge in [0, 0.05) is 42.9 Å². The number of phenolic OH excluding ortho intramolecular Hbond substituents is 1. The molecule has 116 valence electrons. The minimum absolute atomic E-state index is 0.317. The summed E-state index contributed by atoms with van der Waals surface area (Å²) in [5.74, 6) is 0.317. The average Bonchev–Trinajstić information content (AvgIpc) is 2.55. The van der Waals surface area contributed by atoms with Crippen LogP contribution in [0.15, 0.2) is 48.5 Å². The monoisotopic (exact) mass is 316 g/mol. The summed E-state index contributed by atoms with van der Waals surface area (Å²) >= 11 is 6.10. The molecule has 0 amide bonds. The fourth-order valence-electron chi connectivity index (χ4n) is 3.01. The van der Waals surface area contributed by atoms with E-state index in [2.05, 4.69) is 28.9 Å². The Morgan fingerprint density at radius 3 is 2.32 bits per heavy atom. The zero-order valence-corrected chi connectivity index (χ0v) is 13.5. The van der Waals surface area contributed by atoms with E-state index in [0.29, 0.717) is 11.8 Å². The number of hydrogen-bond donors (Lipinski definition) is 1. The minimum atomic E-state index is 0.317. The summed E-state index contributed by atoms with van der Waals surface area (Å²) in [4.78, 5) is 4.85. The molecule has 3 rings (SSSR count). The highest BCUT2D eigenvalue weighted by atomic mass is 35.5. The van der Waals surface area contributed by atoms with Crippen molar-refractivity contribution < 1.29 is 5.11 Å². The number of aromatic hydroxyl groups is 1. The molecule has 1 unspecified atom stereocenters. The molecule has 1 saturated heterocycles. The Balaban J connectivity index is 1.62. The first-order valence-corrected chi connectivity index (χ1v) is 8.05. The Labute approximate surface area is 136 Å². The van der Waals surface area contributed by atoms with Gasteiger partial charge in [0.25, 0.3) is 0 Å². The van der Waals surface area contributed by atoms with Gasteiger partial charge >= 0.3 is 0 Å². The fraction of sp³-hybridized carbons (Fsp3) is 0.333. The van der Waals surface area contributed by atoms with Gasteiger partial charge in [-0.25, -0.2) is 0 Å². The molecule has 2 aromatic rings. The van der Waals surface area contributed by atoms with Crippen LogP contribution in [-0.2, 0) is 0 Å². The number of halogens is 1. The van der Waals surface area contributed by atoms with Crippen molar-refractivity contribution in [3.05, 3.63) is 59.1 Å². The van der Waals surface area contributed by atoms with Crippen LogP contribution in [0.25, 0.3) is 0 Å².